The fourth-order valence-electron chi connectivity index (χ4n) is 3.29. The van der Waals surface area contributed by atoms with Crippen LogP contribution in [0.5, 0.6) is 17.2 Å². The molecule has 2 amide bonds. The number of rotatable bonds is 6. The van der Waals surface area contributed by atoms with E-state index in [1.54, 1.807) is 29.3 Å². The first-order valence-corrected chi connectivity index (χ1v) is 11.2. The van der Waals surface area contributed by atoms with Gasteiger partial charge in [0, 0.05) is 48.6 Å². The largest absolute Gasteiger partial charge is 0.497 e. The lowest BCUT2D eigenvalue weighted by Gasteiger charge is -2.31. The predicted molar refractivity (Wildman–Crippen MR) is 126 cm³/mol. The summed E-state index contributed by atoms with van der Waals surface area (Å²) >= 11 is 3.45. The fourth-order valence-corrected chi connectivity index (χ4v) is 3.74. The summed E-state index contributed by atoms with van der Waals surface area (Å²) in [5.74, 6) is 1.23. The van der Waals surface area contributed by atoms with Crippen LogP contribution in [-0.4, -0.2) is 54.9 Å². The van der Waals surface area contributed by atoms with E-state index in [-0.39, 0.29) is 19.1 Å². The maximum absolute atomic E-state index is 12.6. The molecule has 0 atom stereocenters. The summed E-state index contributed by atoms with van der Waals surface area (Å²) in [6.45, 7) is 6.01. The molecule has 9 nitrogen and oxygen atoms in total. The van der Waals surface area contributed by atoms with E-state index in [0.717, 1.165) is 11.3 Å². The first kappa shape index (κ1) is 24.6. The van der Waals surface area contributed by atoms with Crippen LogP contribution in [0.1, 0.15) is 32.0 Å². The number of fused-ring (bicyclic) bond motifs is 1. The number of hydrogen-bond donors (Lipinski definition) is 1. The van der Waals surface area contributed by atoms with Gasteiger partial charge in [0.25, 0.3) is 5.91 Å². The van der Waals surface area contributed by atoms with Crippen LogP contribution >= 0.6 is 15.9 Å². The van der Waals surface area contributed by atoms with Gasteiger partial charge in [0.15, 0.2) is 6.61 Å². The Morgan fingerprint density at radius 2 is 1.82 bits per heavy atom. The molecule has 1 aromatic heterocycles. The molecule has 1 aliphatic heterocycles. The summed E-state index contributed by atoms with van der Waals surface area (Å²) in [7, 11) is 3.07. The second-order valence-corrected chi connectivity index (χ2v) is 9.30. The highest BCUT2D eigenvalue weighted by atomic mass is 79.9. The number of carbonyl (C=O) groups is 2. The molecule has 0 spiro atoms. The Morgan fingerprint density at radius 3 is 2.42 bits per heavy atom. The summed E-state index contributed by atoms with van der Waals surface area (Å²) in [4.78, 5) is 31.2. The molecule has 1 N–H and O–H groups in total. The number of nitrogens with zero attached hydrogens (tertiary/aromatic N) is 2. The number of benzene rings is 1. The highest BCUT2D eigenvalue weighted by molar-refractivity contribution is 9.10. The average molecular weight is 522 g/mol. The Kier molecular flexibility index (Phi) is 7.68. The van der Waals surface area contributed by atoms with E-state index < -0.39 is 11.7 Å². The molecule has 1 aliphatic rings. The van der Waals surface area contributed by atoms with Crippen molar-refractivity contribution in [2.24, 2.45) is 0 Å². The molecule has 3 rings (SSSR count). The normalized spacial score (nSPS) is 13.1. The van der Waals surface area contributed by atoms with E-state index in [1.807, 2.05) is 20.8 Å². The first-order valence-electron chi connectivity index (χ1n) is 10.4. The van der Waals surface area contributed by atoms with Crippen LogP contribution in [0.2, 0.25) is 0 Å². The Bertz CT molecular complexity index is 1020. The van der Waals surface area contributed by atoms with E-state index in [1.165, 1.54) is 14.2 Å². The van der Waals surface area contributed by atoms with Crippen LogP contribution in [-0.2, 0) is 22.5 Å². The lowest BCUT2D eigenvalue weighted by atomic mass is 10.1. The summed E-state index contributed by atoms with van der Waals surface area (Å²) in [6.07, 6.45) is 1.81. The third-order valence-corrected chi connectivity index (χ3v) is 5.34. The van der Waals surface area contributed by atoms with Gasteiger partial charge < -0.3 is 29.2 Å². The number of nitrogens with one attached hydrogen (secondary N) is 1. The molecule has 2 heterocycles. The SMILES string of the molecule is COc1cc(NC(=O)COc2c(Br)cnc3c2CN(C(=O)OC(C)(C)C)CC3)cc(OC)c1. The number of carbonyl (C=O) groups excluding carboxylic acids is 2. The summed E-state index contributed by atoms with van der Waals surface area (Å²) in [5.41, 5.74) is 1.50. The Hall–Kier alpha value is -3.01. The van der Waals surface area contributed by atoms with Crippen molar-refractivity contribution >= 4 is 33.6 Å². The minimum absolute atomic E-state index is 0.235. The van der Waals surface area contributed by atoms with Crippen LogP contribution in [0.3, 0.4) is 0 Å². The van der Waals surface area contributed by atoms with Gasteiger partial charge in [0.05, 0.1) is 30.9 Å². The minimum atomic E-state index is -0.590. The highest BCUT2D eigenvalue weighted by Crippen LogP contribution is 2.34. The Balaban J connectivity index is 1.71. The van der Waals surface area contributed by atoms with Crippen molar-refractivity contribution in [3.8, 4) is 17.2 Å². The van der Waals surface area contributed by atoms with Crippen molar-refractivity contribution < 1.29 is 28.5 Å². The number of halogens is 1. The van der Waals surface area contributed by atoms with Crippen molar-refractivity contribution in [1.82, 2.24) is 9.88 Å². The fraction of sp³-hybridized carbons (Fsp3) is 0.435. The number of amides is 2. The molecule has 0 bridgehead atoms. The standard InChI is InChI=1S/C23H28BrN3O6/c1-23(2,3)33-22(29)27-7-6-19-17(12-27)21(18(24)11-25-19)32-13-20(28)26-14-8-15(30-4)10-16(9-14)31-5/h8-11H,6-7,12-13H2,1-5H3,(H,26,28). The molecule has 0 unspecified atom stereocenters. The molecule has 2 aromatic rings. The topological polar surface area (TPSA) is 99.2 Å². The monoisotopic (exact) mass is 521 g/mol. The second kappa shape index (κ2) is 10.3. The van der Waals surface area contributed by atoms with Gasteiger partial charge in [-0.1, -0.05) is 0 Å². The zero-order chi connectivity index (χ0) is 24.2. The third-order valence-electron chi connectivity index (χ3n) is 4.78. The van der Waals surface area contributed by atoms with Crippen molar-refractivity contribution in [3.05, 3.63) is 40.1 Å². The second-order valence-electron chi connectivity index (χ2n) is 8.45. The molecule has 0 saturated carbocycles. The Labute approximate surface area is 201 Å². The van der Waals surface area contributed by atoms with Crippen molar-refractivity contribution in [1.29, 1.82) is 0 Å². The van der Waals surface area contributed by atoms with Crippen LogP contribution < -0.4 is 19.5 Å². The van der Waals surface area contributed by atoms with E-state index in [9.17, 15) is 9.59 Å². The van der Waals surface area contributed by atoms with Crippen molar-refractivity contribution in [2.75, 3.05) is 32.7 Å². The van der Waals surface area contributed by atoms with Crippen LogP contribution in [0.4, 0.5) is 10.5 Å². The Morgan fingerprint density at radius 1 is 1.15 bits per heavy atom. The summed E-state index contributed by atoms with van der Waals surface area (Å²) < 4.78 is 22.4. The van der Waals surface area contributed by atoms with Gasteiger partial charge in [0.2, 0.25) is 0 Å². The smallest absolute Gasteiger partial charge is 0.410 e. The molecule has 10 heteroatoms. The number of anilines is 1. The van der Waals surface area contributed by atoms with Crippen LogP contribution in [0, 0.1) is 0 Å². The lowest BCUT2D eigenvalue weighted by Crippen LogP contribution is -2.40. The van der Waals surface area contributed by atoms with E-state index in [2.05, 4.69) is 26.2 Å². The van der Waals surface area contributed by atoms with Crippen molar-refractivity contribution in [2.45, 2.75) is 39.3 Å². The van der Waals surface area contributed by atoms with Gasteiger partial charge in [0.1, 0.15) is 22.8 Å². The maximum atomic E-state index is 12.6. The van der Waals surface area contributed by atoms with Gasteiger partial charge in [-0.05, 0) is 36.7 Å². The van der Waals surface area contributed by atoms with Gasteiger partial charge >= 0.3 is 6.09 Å². The number of pyridine rings is 1. The molecule has 0 radical (unpaired) electrons. The highest BCUT2D eigenvalue weighted by Gasteiger charge is 2.29. The zero-order valence-electron chi connectivity index (χ0n) is 19.4. The van der Waals surface area contributed by atoms with Gasteiger partial charge in [-0.3, -0.25) is 9.78 Å². The lowest BCUT2D eigenvalue weighted by molar-refractivity contribution is -0.118. The molecular formula is C23H28BrN3O6. The van der Waals surface area contributed by atoms with Gasteiger partial charge in [-0.25, -0.2) is 4.79 Å². The molecule has 33 heavy (non-hydrogen) atoms. The van der Waals surface area contributed by atoms with E-state index >= 15 is 0 Å². The average Bonchev–Trinajstić information content (AvgIpc) is 2.76. The molecule has 0 fully saturated rings. The first-order chi connectivity index (χ1) is 15.6. The summed E-state index contributed by atoms with van der Waals surface area (Å²) in [5, 5.41) is 2.77. The maximum Gasteiger partial charge on any atom is 0.410 e. The molecular weight excluding hydrogens is 494 g/mol. The number of methoxy groups -OCH3 is 2. The van der Waals surface area contributed by atoms with Gasteiger partial charge in [-0.15, -0.1) is 0 Å². The third kappa shape index (κ3) is 6.50. The zero-order valence-corrected chi connectivity index (χ0v) is 20.9. The number of hydrogen-bond acceptors (Lipinski definition) is 7. The van der Waals surface area contributed by atoms with Gasteiger partial charge in [-0.2, -0.15) is 0 Å². The molecule has 1 aromatic carbocycles. The molecule has 0 saturated heterocycles. The number of aromatic nitrogens is 1. The molecule has 0 aliphatic carbocycles. The van der Waals surface area contributed by atoms with E-state index in [4.69, 9.17) is 18.9 Å². The van der Waals surface area contributed by atoms with E-state index in [0.29, 0.717) is 40.4 Å². The van der Waals surface area contributed by atoms with Crippen molar-refractivity contribution in [3.63, 3.8) is 0 Å². The minimum Gasteiger partial charge on any atom is -0.497 e. The van der Waals surface area contributed by atoms with Crippen LogP contribution in [0.25, 0.3) is 0 Å². The number of ether oxygens (including phenoxy) is 4. The predicted octanol–water partition coefficient (Wildman–Crippen LogP) is 4.17. The van der Waals surface area contributed by atoms with Crippen LogP contribution in [0.15, 0.2) is 28.9 Å². The summed E-state index contributed by atoms with van der Waals surface area (Å²) in [6, 6.07) is 5.08. The molecule has 178 valence electrons. The quantitative estimate of drug-likeness (QED) is 0.608.